The van der Waals surface area contributed by atoms with Crippen LogP contribution in [0.2, 0.25) is 0 Å². The highest BCUT2D eigenvalue weighted by Crippen LogP contribution is 2.34. The van der Waals surface area contributed by atoms with Crippen molar-refractivity contribution in [2.75, 3.05) is 13.1 Å². The van der Waals surface area contributed by atoms with E-state index >= 15 is 0 Å². The first kappa shape index (κ1) is 20.7. The number of likely N-dealkylation sites (tertiary alicyclic amines) is 1. The zero-order chi connectivity index (χ0) is 22.4. The summed E-state index contributed by atoms with van der Waals surface area (Å²) >= 11 is 1.25. The molecule has 0 bridgehead atoms. The minimum Gasteiger partial charge on any atom is -0.333 e. The Labute approximate surface area is 188 Å². The largest absolute Gasteiger partial charge is 0.333 e. The van der Waals surface area contributed by atoms with Gasteiger partial charge >= 0.3 is 0 Å². The number of aromatic nitrogens is 5. The zero-order valence-corrected chi connectivity index (χ0v) is 18.5. The molecule has 0 spiro atoms. The Morgan fingerprint density at radius 2 is 1.88 bits per heavy atom. The number of fused-ring (bicyclic) bond motifs is 1. The Morgan fingerprint density at radius 3 is 2.62 bits per heavy atom. The van der Waals surface area contributed by atoms with Gasteiger partial charge in [0.05, 0.1) is 12.1 Å². The van der Waals surface area contributed by atoms with Crippen molar-refractivity contribution in [2.45, 2.75) is 45.3 Å². The first-order chi connectivity index (χ1) is 15.4. The predicted octanol–water partition coefficient (Wildman–Crippen LogP) is 2.84. The van der Waals surface area contributed by atoms with Crippen LogP contribution in [-0.4, -0.2) is 58.8 Å². The first-order valence-electron chi connectivity index (χ1n) is 10.5. The molecule has 9 nitrogen and oxygen atoms in total. The van der Waals surface area contributed by atoms with Gasteiger partial charge in [-0.15, -0.1) is 10.2 Å². The summed E-state index contributed by atoms with van der Waals surface area (Å²) in [6.45, 7) is 5.19. The van der Waals surface area contributed by atoms with E-state index in [2.05, 4.69) is 19.6 Å². The third-order valence-electron chi connectivity index (χ3n) is 6.13. The summed E-state index contributed by atoms with van der Waals surface area (Å²) in [7, 11) is 0. The molecule has 5 rings (SSSR count). The van der Waals surface area contributed by atoms with Crippen molar-refractivity contribution in [3.8, 4) is 10.8 Å². The standard InChI is InChI=1S/C21H22FN7O2S/c1-12-18-24-25-19(20-23-17(26-32-20)16-4-3-9-28(16)13(2)30)29(18)11-10-27(12)21(31)14-5-7-15(22)8-6-14/h5-8,12,16H,3-4,9-11H2,1-2H3/t12-,16?/m1/s1. The number of halogens is 1. The van der Waals surface area contributed by atoms with Crippen molar-refractivity contribution in [1.29, 1.82) is 0 Å². The molecule has 1 unspecified atom stereocenters. The fourth-order valence-corrected chi connectivity index (χ4v) is 5.16. The Morgan fingerprint density at radius 1 is 1.09 bits per heavy atom. The smallest absolute Gasteiger partial charge is 0.254 e. The van der Waals surface area contributed by atoms with Gasteiger partial charge in [0.25, 0.3) is 5.91 Å². The molecule has 1 fully saturated rings. The number of benzene rings is 1. The Hall–Kier alpha value is -3.21. The minimum atomic E-state index is -0.377. The number of amides is 2. The van der Waals surface area contributed by atoms with Crippen molar-refractivity contribution in [2.24, 2.45) is 0 Å². The SMILES string of the molecule is CC(=O)N1CCCC1c1nsc(-c2nnc3n2CCN(C(=O)c2ccc(F)cc2)[C@@H]3C)n1. The third-order valence-corrected chi connectivity index (χ3v) is 6.85. The predicted molar refractivity (Wildman–Crippen MR) is 114 cm³/mol. The molecular weight excluding hydrogens is 433 g/mol. The highest BCUT2D eigenvalue weighted by molar-refractivity contribution is 7.09. The van der Waals surface area contributed by atoms with Crippen LogP contribution in [0.5, 0.6) is 0 Å². The van der Waals surface area contributed by atoms with Crippen molar-refractivity contribution in [3.05, 3.63) is 47.3 Å². The van der Waals surface area contributed by atoms with Gasteiger partial charge in [-0.05, 0) is 55.6 Å². The van der Waals surface area contributed by atoms with Gasteiger partial charge in [-0.3, -0.25) is 9.59 Å². The van der Waals surface area contributed by atoms with Crippen LogP contribution in [0.1, 0.15) is 60.8 Å². The van der Waals surface area contributed by atoms with E-state index in [-0.39, 0.29) is 29.7 Å². The molecule has 1 aromatic carbocycles. The number of hydrogen-bond donors (Lipinski definition) is 0. The van der Waals surface area contributed by atoms with Gasteiger partial charge in [-0.25, -0.2) is 9.37 Å². The maximum atomic E-state index is 13.2. The van der Waals surface area contributed by atoms with Gasteiger partial charge in [0.15, 0.2) is 22.5 Å². The fourth-order valence-electron chi connectivity index (χ4n) is 4.45. The van der Waals surface area contributed by atoms with Crippen molar-refractivity contribution >= 4 is 23.3 Å². The number of hydrogen-bond acceptors (Lipinski definition) is 7. The minimum absolute atomic E-state index is 0.0310. The fraction of sp³-hybridized carbons (Fsp3) is 0.429. The average molecular weight is 456 g/mol. The lowest BCUT2D eigenvalue weighted by molar-refractivity contribution is -0.129. The molecule has 11 heteroatoms. The molecule has 2 amide bonds. The van der Waals surface area contributed by atoms with Crippen molar-refractivity contribution in [3.63, 3.8) is 0 Å². The van der Waals surface area contributed by atoms with Gasteiger partial charge in [0, 0.05) is 32.1 Å². The molecule has 3 aromatic rings. The van der Waals surface area contributed by atoms with Crippen molar-refractivity contribution in [1.82, 2.24) is 33.9 Å². The lowest BCUT2D eigenvalue weighted by Crippen LogP contribution is -2.41. The molecule has 166 valence electrons. The quantitative estimate of drug-likeness (QED) is 0.603. The average Bonchev–Trinajstić information content (AvgIpc) is 3.52. The van der Waals surface area contributed by atoms with Crippen LogP contribution >= 0.6 is 11.5 Å². The molecule has 0 N–H and O–H groups in total. The highest BCUT2D eigenvalue weighted by Gasteiger charge is 2.34. The zero-order valence-electron chi connectivity index (χ0n) is 17.7. The van der Waals surface area contributed by atoms with Gasteiger partial charge in [-0.2, -0.15) is 4.37 Å². The highest BCUT2D eigenvalue weighted by atomic mass is 32.1. The van der Waals surface area contributed by atoms with Crippen molar-refractivity contribution < 1.29 is 14.0 Å². The molecule has 0 saturated carbocycles. The number of nitrogens with zero attached hydrogens (tertiary/aromatic N) is 7. The van der Waals surface area contributed by atoms with Crippen LogP contribution in [0, 0.1) is 5.82 Å². The van der Waals surface area contributed by atoms with E-state index in [9.17, 15) is 14.0 Å². The molecule has 0 aliphatic carbocycles. The second-order valence-corrected chi connectivity index (χ2v) is 8.79. The first-order valence-corrected chi connectivity index (χ1v) is 11.3. The number of carbonyl (C=O) groups excluding carboxylic acids is 2. The normalized spacial score (nSPS) is 20.5. The van der Waals surface area contributed by atoms with Crippen LogP contribution in [0.15, 0.2) is 24.3 Å². The molecular formula is C21H22FN7O2S. The van der Waals surface area contributed by atoms with Crippen LogP contribution in [0.25, 0.3) is 10.8 Å². The number of carbonyl (C=O) groups is 2. The van der Waals surface area contributed by atoms with Gasteiger partial charge in [-0.1, -0.05) is 0 Å². The van der Waals surface area contributed by atoms with Gasteiger partial charge < -0.3 is 14.4 Å². The Balaban J connectivity index is 1.39. The number of rotatable bonds is 3. The Kier molecular flexibility index (Phi) is 5.20. The van der Waals surface area contributed by atoms with E-state index in [0.717, 1.165) is 19.4 Å². The van der Waals surface area contributed by atoms with E-state index in [1.807, 2.05) is 16.4 Å². The molecule has 4 heterocycles. The van der Waals surface area contributed by atoms with Gasteiger partial charge in [0.2, 0.25) is 5.91 Å². The second kappa shape index (κ2) is 8.05. The summed E-state index contributed by atoms with van der Waals surface area (Å²) in [6, 6.07) is 5.17. The van der Waals surface area contributed by atoms with Gasteiger partial charge in [0.1, 0.15) is 5.82 Å². The summed E-state index contributed by atoms with van der Waals surface area (Å²) in [5.41, 5.74) is 0.437. The summed E-state index contributed by atoms with van der Waals surface area (Å²) in [5, 5.41) is 9.33. The Bertz CT molecular complexity index is 1180. The van der Waals surface area contributed by atoms with E-state index < -0.39 is 0 Å². The second-order valence-electron chi connectivity index (χ2n) is 8.04. The molecule has 32 heavy (non-hydrogen) atoms. The lowest BCUT2D eigenvalue weighted by atomic mass is 10.1. The van der Waals surface area contributed by atoms with Crippen LogP contribution < -0.4 is 0 Å². The van der Waals surface area contributed by atoms with Crippen LogP contribution in [0.3, 0.4) is 0 Å². The maximum absolute atomic E-state index is 13.2. The molecule has 2 aromatic heterocycles. The lowest BCUT2D eigenvalue weighted by Gasteiger charge is -2.33. The molecule has 2 atom stereocenters. The van der Waals surface area contributed by atoms with Crippen LogP contribution in [-0.2, 0) is 11.3 Å². The third kappa shape index (κ3) is 3.46. The summed E-state index contributed by atoms with van der Waals surface area (Å²) in [4.78, 5) is 33.0. The molecule has 0 radical (unpaired) electrons. The summed E-state index contributed by atoms with van der Waals surface area (Å²) in [5.74, 6) is 1.42. The summed E-state index contributed by atoms with van der Waals surface area (Å²) in [6.07, 6.45) is 1.79. The molecule has 1 saturated heterocycles. The summed E-state index contributed by atoms with van der Waals surface area (Å²) < 4.78 is 19.7. The van der Waals surface area contributed by atoms with E-state index in [1.54, 1.807) is 11.8 Å². The molecule has 2 aliphatic rings. The van der Waals surface area contributed by atoms with E-state index in [0.29, 0.717) is 41.1 Å². The topological polar surface area (TPSA) is 97.1 Å². The monoisotopic (exact) mass is 455 g/mol. The van der Waals surface area contributed by atoms with Crippen LogP contribution in [0.4, 0.5) is 4.39 Å². The maximum Gasteiger partial charge on any atom is 0.254 e. The van der Waals surface area contributed by atoms with E-state index in [4.69, 9.17) is 0 Å². The molecule has 2 aliphatic heterocycles. The van der Waals surface area contributed by atoms with E-state index in [1.165, 1.54) is 35.8 Å².